The molecule has 22 heavy (non-hydrogen) atoms. The van der Waals surface area contributed by atoms with Crippen LogP contribution in [-0.2, 0) is 9.59 Å². The van der Waals surface area contributed by atoms with E-state index < -0.39 is 11.9 Å². The Bertz CT molecular complexity index is 577. The lowest BCUT2D eigenvalue weighted by Crippen LogP contribution is -2.36. The smallest absolute Gasteiger partial charge is 0.306 e. The molecule has 0 spiro atoms. The second-order valence-electron chi connectivity index (χ2n) is 5.79. The van der Waals surface area contributed by atoms with Crippen LogP contribution in [0.3, 0.4) is 0 Å². The van der Waals surface area contributed by atoms with Crippen LogP contribution in [0.1, 0.15) is 44.2 Å². The quantitative estimate of drug-likeness (QED) is 0.866. The van der Waals surface area contributed by atoms with Crippen LogP contribution < -0.4 is 5.32 Å². The molecule has 4 nitrogen and oxygen atoms in total. The number of hydrogen-bond donors (Lipinski definition) is 2. The molecule has 1 fully saturated rings. The third-order valence-corrected chi connectivity index (χ3v) is 4.74. The van der Waals surface area contributed by atoms with Gasteiger partial charge in [0.15, 0.2) is 0 Å². The first-order valence-electron chi connectivity index (χ1n) is 7.36. The number of halogens is 2. The van der Waals surface area contributed by atoms with Crippen LogP contribution >= 0.6 is 23.2 Å². The molecule has 3 atom stereocenters. The minimum atomic E-state index is -0.814. The Hall–Kier alpha value is -1.26. The van der Waals surface area contributed by atoms with Gasteiger partial charge in [0, 0.05) is 16.0 Å². The second kappa shape index (κ2) is 7.34. The number of amides is 1. The van der Waals surface area contributed by atoms with E-state index in [1.807, 2.05) is 6.92 Å². The normalized spacial score (nSPS) is 22.9. The molecule has 2 N–H and O–H groups in total. The number of carbonyl (C=O) groups is 2. The van der Waals surface area contributed by atoms with Gasteiger partial charge in [-0.25, -0.2) is 0 Å². The molecule has 1 amide bonds. The first-order valence-corrected chi connectivity index (χ1v) is 8.12. The summed E-state index contributed by atoms with van der Waals surface area (Å²) in [6, 6.07) is 4.91. The highest BCUT2D eigenvalue weighted by Crippen LogP contribution is 2.31. The summed E-state index contributed by atoms with van der Waals surface area (Å²) in [6.07, 6.45) is 2.56. The van der Waals surface area contributed by atoms with E-state index in [4.69, 9.17) is 28.3 Å². The lowest BCUT2D eigenvalue weighted by atomic mass is 9.81. The molecule has 1 aromatic rings. The maximum atomic E-state index is 12.4. The van der Waals surface area contributed by atoms with Crippen LogP contribution in [0.4, 0.5) is 0 Å². The lowest BCUT2D eigenvalue weighted by molar-refractivity contribution is -0.144. The minimum Gasteiger partial charge on any atom is -0.481 e. The summed E-state index contributed by atoms with van der Waals surface area (Å²) in [6.45, 7) is 1.85. The Morgan fingerprint density at radius 2 is 1.95 bits per heavy atom. The number of aliphatic carboxylic acids is 1. The number of hydrogen-bond acceptors (Lipinski definition) is 2. The monoisotopic (exact) mass is 343 g/mol. The van der Waals surface area contributed by atoms with Crippen molar-refractivity contribution in [2.24, 2.45) is 11.8 Å². The first kappa shape index (κ1) is 17.1. The van der Waals surface area contributed by atoms with Crippen molar-refractivity contribution >= 4 is 35.1 Å². The standard InChI is InChI=1S/C16H19Cl2NO3/c1-9(13-6-5-12(17)8-14(13)18)19-15(20)10-3-2-4-11(7-10)16(21)22/h5-6,8-11H,2-4,7H2,1H3,(H,19,20)(H,21,22). The zero-order valence-corrected chi connectivity index (χ0v) is 13.8. The van der Waals surface area contributed by atoms with Gasteiger partial charge in [0.1, 0.15) is 0 Å². The van der Waals surface area contributed by atoms with E-state index in [0.29, 0.717) is 22.9 Å². The SMILES string of the molecule is CC(NC(=O)C1CCCC(C(=O)O)C1)c1ccc(Cl)cc1Cl. The van der Waals surface area contributed by atoms with Crippen molar-refractivity contribution in [2.45, 2.75) is 38.6 Å². The van der Waals surface area contributed by atoms with Gasteiger partial charge in [0.25, 0.3) is 0 Å². The molecule has 2 rings (SSSR count). The highest BCUT2D eigenvalue weighted by molar-refractivity contribution is 6.35. The minimum absolute atomic E-state index is 0.107. The number of rotatable bonds is 4. The Labute approximate surface area is 139 Å². The van der Waals surface area contributed by atoms with E-state index in [9.17, 15) is 9.59 Å². The predicted molar refractivity (Wildman–Crippen MR) is 86.1 cm³/mol. The van der Waals surface area contributed by atoms with Gasteiger partial charge in [-0.05, 0) is 43.9 Å². The van der Waals surface area contributed by atoms with E-state index >= 15 is 0 Å². The van der Waals surface area contributed by atoms with Gasteiger partial charge in [0.05, 0.1) is 12.0 Å². The Kier molecular flexibility index (Phi) is 5.70. The summed E-state index contributed by atoms with van der Waals surface area (Å²) in [7, 11) is 0. The molecule has 0 heterocycles. The van der Waals surface area contributed by atoms with Crippen LogP contribution in [0.2, 0.25) is 10.0 Å². The van der Waals surface area contributed by atoms with Crippen molar-refractivity contribution in [3.05, 3.63) is 33.8 Å². The molecule has 0 saturated heterocycles. The molecule has 0 aliphatic heterocycles. The average Bonchev–Trinajstić information content (AvgIpc) is 2.47. The van der Waals surface area contributed by atoms with Gasteiger partial charge in [0.2, 0.25) is 5.91 Å². The molecule has 120 valence electrons. The molecule has 1 aromatic carbocycles. The molecular weight excluding hydrogens is 325 g/mol. The third-order valence-electron chi connectivity index (χ3n) is 4.18. The van der Waals surface area contributed by atoms with Crippen LogP contribution in [-0.4, -0.2) is 17.0 Å². The Morgan fingerprint density at radius 1 is 1.27 bits per heavy atom. The van der Waals surface area contributed by atoms with E-state index in [0.717, 1.165) is 18.4 Å². The summed E-state index contributed by atoms with van der Waals surface area (Å²) >= 11 is 12.0. The number of carbonyl (C=O) groups excluding carboxylic acids is 1. The largest absolute Gasteiger partial charge is 0.481 e. The third kappa shape index (κ3) is 4.14. The predicted octanol–water partition coefficient (Wildman–Crippen LogP) is 4.06. The summed E-state index contributed by atoms with van der Waals surface area (Å²) < 4.78 is 0. The fourth-order valence-corrected chi connectivity index (χ4v) is 3.49. The maximum Gasteiger partial charge on any atom is 0.306 e. The average molecular weight is 344 g/mol. The summed E-state index contributed by atoms with van der Waals surface area (Å²) in [5.41, 5.74) is 0.796. The van der Waals surface area contributed by atoms with E-state index in [1.54, 1.807) is 18.2 Å². The van der Waals surface area contributed by atoms with Gasteiger partial charge in [-0.1, -0.05) is 35.7 Å². The lowest BCUT2D eigenvalue weighted by Gasteiger charge is -2.27. The molecule has 0 aromatic heterocycles. The molecular formula is C16H19Cl2NO3. The molecule has 1 aliphatic carbocycles. The van der Waals surface area contributed by atoms with Gasteiger partial charge in [-0.3, -0.25) is 9.59 Å². The number of carboxylic acids is 1. The van der Waals surface area contributed by atoms with Crippen molar-refractivity contribution < 1.29 is 14.7 Å². The van der Waals surface area contributed by atoms with Gasteiger partial charge >= 0.3 is 5.97 Å². The number of carboxylic acid groups (broad SMARTS) is 1. The van der Waals surface area contributed by atoms with Crippen LogP contribution in [0.15, 0.2) is 18.2 Å². The van der Waals surface area contributed by atoms with Crippen LogP contribution in [0.25, 0.3) is 0 Å². The number of benzene rings is 1. The topological polar surface area (TPSA) is 66.4 Å². The van der Waals surface area contributed by atoms with Crippen molar-refractivity contribution in [3.8, 4) is 0 Å². The zero-order chi connectivity index (χ0) is 16.3. The van der Waals surface area contributed by atoms with Crippen LogP contribution in [0, 0.1) is 11.8 Å². The molecule has 0 radical (unpaired) electrons. The van der Waals surface area contributed by atoms with Gasteiger partial charge in [-0.2, -0.15) is 0 Å². The Balaban J connectivity index is 2.00. The number of nitrogens with one attached hydrogen (secondary N) is 1. The molecule has 3 unspecified atom stereocenters. The zero-order valence-electron chi connectivity index (χ0n) is 12.3. The summed E-state index contributed by atoms with van der Waals surface area (Å²) in [4.78, 5) is 23.4. The van der Waals surface area contributed by atoms with E-state index in [2.05, 4.69) is 5.32 Å². The van der Waals surface area contributed by atoms with Crippen molar-refractivity contribution in [2.75, 3.05) is 0 Å². The van der Waals surface area contributed by atoms with Crippen molar-refractivity contribution in [1.29, 1.82) is 0 Å². The molecule has 1 saturated carbocycles. The maximum absolute atomic E-state index is 12.4. The van der Waals surface area contributed by atoms with Crippen molar-refractivity contribution in [1.82, 2.24) is 5.32 Å². The second-order valence-corrected chi connectivity index (χ2v) is 6.64. The fourth-order valence-electron chi connectivity index (χ4n) is 2.91. The van der Waals surface area contributed by atoms with Gasteiger partial charge < -0.3 is 10.4 Å². The molecule has 0 bridgehead atoms. The van der Waals surface area contributed by atoms with Gasteiger partial charge in [-0.15, -0.1) is 0 Å². The van der Waals surface area contributed by atoms with E-state index in [1.165, 1.54) is 0 Å². The highest BCUT2D eigenvalue weighted by Gasteiger charge is 2.31. The van der Waals surface area contributed by atoms with Crippen molar-refractivity contribution in [3.63, 3.8) is 0 Å². The summed E-state index contributed by atoms with van der Waals surface area (Å²) in [5, 5.41) is 13.1. The highest BCUT2D eigenvalue weighted by atomic mass is 35.5. The molecule has 6 heteroatoms. The van der Waals surface area contributed by atoms with E-state index in [-0.39, 0.29) is 17.9 Å². The fraction of sp³-hybridized carbons (Fsp3) is 0.500. The van der Waals surface area contributed by atoms with Crippen LogP contribution in [0.5, 0.6) is 0 Å². The molecule has 1 aliphatic rings. The summed E-state index contributed by atoms with van der Waals surface area (Å²) in [5.74, 6) is -1.59. The Morgan fingerprint density at radius 3 is 2.59 bits per heavy atom. The first-order chi connectivity index (χ1) is 10.4.